The lowest BCUT2D eigenvalue weighted by molar-refractivity contribution is 0.301. The van der Waals surface area contributed by atoms with Crippen LogP contribution in [0.3, 0.4) is 0 Å². The normalized spacial score (nSPS) is 10.7. The molecule has 106 valence electrons. The van der Waals surface area contributed by atoms with E-state index in [0.717, 1.165) is 25.4 Å². The van der Waals surface area contributed by atoms with Crippen molar-refractivity contribution in [1.29, 1.82) is 0 Å². The second-order valence-electron chi connectivity index (χ2n) is 4.06. The van der Waals surface area contributed by atoms with Crippen LogP contribution in [0.15, 0.2) is 39.3 Å². The van der Waals surface area contributed by atoms with E-state index in [2.05, 4.69) is 47.8 Å². The number of ether oxygens (including phenoxy) is 1. The van der Waals surface area contributed by atoms with Crippen molar-refractivity contribution in [3.05, 3.63) is 61.2 Å². The molecule has 0 amide bonds. The average molecular weight is 487 g/mol. The van der Waals surface area contributed by atoms with Gasteiger partial charge in [-0.1, -0.05) is 33.6 Å². The van der Waals surface area contributed by atoms with Crippen LogP contribution < -0.4 is 4.74 Å². The van der Waals surface area contributed by atoms with E-state index in [-0.39, 0.29) is 11.6 Å². The van der Waals surface area contributed by atoms with E-state index in [1.807, 2.05) is 12.1 Å². The molecule has 0 fully saturated rings. The monoisotopic (exact) mass is 484 g/mol. The Morgan fingerprint density at radius 1 is 1.05 bits per heavy atom. The summed E-state index contributed by atoms with van der Waals surface area (Å²) in [6.07, 6.45) is 0. The molecule has 20 heavy (non-hydrogen) atoms. The van der Waals surface area contributed by atoms with Crippen LogP contribution in [0.25, 0.3) is 0 Å². The maximum absolute atomic E-state index is 13.4. The summed E-state index contributed by atoms with van der Waals surface area (Å²) in [5.41, 5.74) is 1.84. The first-order chi connectivity index (χ1) is 9.51. The van der Waals surface area contributed by atoms with Gasteiger partial charge >= 0.3 is 0 Å². The molecule has 0 bridgehead atoms. The Morgan fingerprint density at radius 2 is 1.70 bits per heavy atom. The predicted octanol–water partition coefficient (Wildman–Crippen LogP) is 6.48. The molecule has 0 aromatic heterocycles. The number of alkyl halides is 1. The van der Waals surface area contributed by atoms with Crippen LogP contribution in [-0.2, 0) is 11.9 Å². The molecule has 0 saturated heterocycles. The Balaban J connectivity index is 2.16. The zero-order valence-electron chi connectivity index (χ0n) is 10.1. The number of rotatable bonds is 4. The molecule has 0 unspecified atom stereocenters. The largest absolute Gasteiger partial charge is 0.487 e. The summed E-state index contributed by atoms with van der Waals surface area (Å²) in [7, 11) is 0. The van der Waals surface area contributed by atoms with Gasteiger partial charge in [0, 0.05) is 5.33 Å². The van der Waals surface area contributed by atoms with Gasteiger partial charge in [0.15, 0.2) is 0 Å². The Labute approximate surface area is 146 Å². The summed E-state index contributed by atoms with van der Waals surface area (Å²) in [4.78, 5) is 0. The molecule has 1 nitrogen and oxygen atoms in total. The maximum atomic E-state index is 13.4. The topological polar surface area (TPSA) is 9.23 Å². The third-order valence-corrected chi connectivity index (χ3v) is 4.71. The summed E-state index contributed by atoms with van der Waals surface area (Å²) in [6.45, 7) is 0.263. The Morgan fingerprint density at radius 3 is 2.25 bits per heavy atom. The SMILES string of the molecule is Fc1cc(COc2c(Br)cc(CBr)cc2Br)ccc1Cl. The van der Waals surface area contributed by atoms with Gasteiger partial charge in [-0.2, -0.15) is 0 Å². The first kappa shape index (κ1) is 16.3. The molecule has 2 aromatic rings. The Hall–Kier alpha value is -0.100. The van der Waals surface area contributed by atoms with Gasteiger partial charge in [-0.3, -0.25) is 0 Å². The van der Waals surface area contributed by atoms with Gasteiger partial charge in [-0.15, -0.1) is 0 Å². The highest BCUT2D eigenvalue weighted by Crippen LogP contribution is 2.36. The standard InChI is InChI=1S/C14H9Br3ClFO/c15-6-9-3-10(16)14(11(17)4-9)20-7-8-1-2-12(18)13(19)5-8/h1-5H,6-7H2. The van der Waals surface area contributed by atoms with E-state index in [1.54, 1.807) is 6.07 Å². The van der Waals surface area contributed by atoms with E-state index in [4.69, 9.17) is 16.3 Å². The van der Waals surface area contributed by atoms with Crippen molar-refractivity contribution in [3.63, 3.8) is 0 Å². The van der Waals surface area contributed by atoms with E-state index >= 15 is 0 Å². The fourth-order valence-electron chi connectivity index (χ4n) is 1.61. The van der Waals surface area contributed by atoms with Gasteiger partial charge in [-0.05, 0) is 67.3 Å². The first-order valence-electron chi connectivity index (χ1n) is 5.62. The summed E-state index contributed by atoms with van der Waals surface area (Å²) in [5, 5.41) is 0.866. The van der Waals surface area contributed by atoms with Crippen molar-refractivity contribution < 1.29 is 9.13 Å². The molecular weight excluding hydrogens is 478 g/mol. The Bertz CT molecular complexity index is 611. The zero-order chi connectivity index (χ0) is 14.7. The molecule has 0 heterocycles. The van der Waals surface area contributed by atoms with Gasteiger partial charge in [0.25, 0.3) is 0 Å². The minimum atomic E-state index is -0.444. The van der Waals surface area contributed by atoms with Crippen molar-refractivity contribution >= 4 is 59.4 Å². The number of benzene rings is 2. The number of hydrogen-bond donors (Lipinski definition) is 0. The minimum Gasteiger partial charge on any atom is -0.487 e. The summed E-state index contributed by atoms with van der Waals surface area (Å²) in [6, 6.07) is 8.57. The first-order valence-corrected chi connectivity index (χ1v) is 8.70. The van der Waals surface area contributed by atoms with Gasteiger partial charge in [-0.25, -0.2) is 4.39 Å². The molecule has 2 rings (SSSR count). The third kappa shape index (κ3) is 3.97. The highest BCUT2D eigenvalue weighted by atomic mass is 79.9. The van der Waals surface area contributed by atoms with Crippen LogP contribution in [-0.4, -0.2) is 0 Å². The molecule has 0 saturated carbocycles. The van der Waals surface area contributed by atoms with Crippen LogP contribution in [0.2, 0.25) is 5.02 Å². The summed E-state index contributed by atoms with van der Waals surface area (Å²) < 4.78 is 20.8. The lowest BCUT2D eigenvalue weighted by Crippen LogP contribution is -1.98. The molecule has 0 atom stereocenters. The maximum Gasteiger partial charge on any atom is 0.148 e. The van der Waals surface area contributed by atoms with Crippen molar-refractivity contribution in [2.45, 2.75) is 11.9 Å². The van der Waals surface area contributed by atoms with Crippen LogP contribution in [0.1, 0.15) is 11.1 Å². The van der Waals surface area contributed by atoms with Gasteiger partial charge in [0.2, 0.25) is 0 Å². The third-order valence-electron chi connectivity index (χ3n) is 2.58. The highest BCUT2D eigenvalue weighted by molar-refractivity contribution is 9.11. The van der Waals surface area contributed by atoms with E-state index in [9.17, 15) is 4.39 Å². The molecule has 0 spiro atoms. The van der Waals surface area contributed by atoms with Crippen molar-refractivity contribution in [1.82, 2.24) is 0 Å². The van der Waals surface area contributed by atoms with Crippen molar-refractivity contribution in [2.24, 2.45) is 0 Å². The second-order valence-corrected chi connectivity index (χ2v) is 6.74. The molecule has 0 aliphatic heterocycles. The number of hydrogen-bond acceptors (Lipinski definition) is 1. The molecule has 2 aromatic carbocycles. The molecule has 0 radical (unpaired) electrons. The number of halogens is 5. The van der Waals surface area contributed by atoms with Crippen LogP contribution in [0.4, 0.5) is 4.39 Å². The fourth-order valence-corrected chi connectivity index (χ4v) is 3.56. The smallest absolute Gasteiger partial charge is 0.148 e. The highest BCUT2D eigenvalue weighted by Gasteiger charge is 2.10. The van der Waals surface area contributed by atoms with E-state index in [1.165, 1.54) is 12.1 Å². The summed E-state index contributed by atoms with van der Waals surface area (Å²) in [5.74, 6) is 0.241. The lowest BCUT2D eigenvalue weighted by Gasteiger charge is -2.12. The van der Waals surface area contributed by atoms with Gasteiger partial charge in [0.05, 0.1) is 14.0 Å². The van der Waals surface area contributed by atoms with E-state index < -0.39 is 5.82 Å². The van der Waals surface area contributed by atoms with Crippen LogP contribution in [0, 0.1) is 5.82 Å². The molecular formula is C14H9Br3ClFO. The molecule has 6 heteroatoms. The van der Waals surface area contributed by atoms with Gasteiger partial charge < -0.3 is 4.74 Å². The van der Waals surface area contributed by atoms with Gasteiger partial charge in [0.1, 0.15) is 18.2 Å². The van der Waals surface area contributed by atoms with Crippen LogP contribution in [0.5, 0.6) is 5.75 Å². The van der Waals surface area contributed by atoms with E-state index in [0.29, 0.717) is 5.75 Å². The lowest BCUT2D eigenvalue weighted by atomic mass is 10.2. The predicted molar refractivity (Wildman–Crippen MR) is 90.2 cm³/mol. The quantitative estimate of drug-likeness (QED) is 0.449. The second kappa shape index (κ2) is 7.25. The minimum absolute atomic E-state index is 0.109. The average Bonchev–Trinajstić information content (AvgIpc) is 2.41. The molecule has 0 aliphatic rings. The zero-order valence-corrected chi connectivity index (χ0v) is 15.6. The summed E-state index contributed by atoms with van der Waals surface area (Å²) >= 11 is 16.0. The molecule has 0 aliphatic carbocycles. The Kier molecular flexibility index (Phi) is 5.90. The van der Waals surface area contributed by atoms with Crippen molar-refractivity contribution in [2.75, 3.05) is 0 Å². The van der Waals surface area contributed by atoms with Crippen LogP contribution >= 0.6 is 59.4 Å². The fraction of sp³-hybridized carbons (Fsp3) is 0.143. The van der Waals surface area contributed by atoms with Crippen molar-refractivity contribution in [3.8, 4) is 5.75 Å². The molecule has 0 N–H and O–H groups in total.